The van der Waals surface area contributed by atoms with Crippen LogP contribution < -0.4 is 5.32 Å². The highest BCUT2D eigenvalue weighted by Gasteiger charge is 2.19. The fourth-order valence-corrected chi connectivity index (χ4v) is 4.29. The molecule has 5 nitrogen and oxygen atoms in total. The number of carbonyl (C=O) groups excluding carboxylic acids is 1. The van der Waals surface area contributed by atoms with Crippen LogP contribution in [0.2, 0.25) is 0 Å². The van der Waals surface area contributed by atoms with Crippen LogP contribution in [0.25, 0.3) is 21.3 Å². The average molecular weight is 405 g/mol. The molecule has 3 aromatic heterocycles. The van der Waals surface area contributed by atoms with Crippen LogP contribution >= 0.6 is 11.3 Å². The van der Waals surface area contributed by atoms with E-state index < -0.39 is 0 Å². The molecule has 0 fully saturated rings. The summed E-state index contributed by atoms with van der Waals surface area (Å²) >= 11 is 1.24. The summed E-state index contributed by atoms with van der Waals surface area (Å²) in [6, 6.07) is 16.0. The summed E-state index contributed by atoms with van der Waals surface area (Å²) < 4.78 is 21.6. The van der Waals surface area contributed by atoms with Crippen molar-refractivity contribution in [2.45, 2.75) is 13.5 Å². The van der Waals surface area contributed by atoms with E-state index in [9.17, 15) is 9.18 Å². The Morgan fingerprint density at radius 3 is 2.93 bits per heavy atom. The number of nitrogens with one attached hydrogen (secondary N) is 1. The molecule has 0 atom stereocenters. The number of hydrogen-bond donors (Lipinski definition) is 1. The highest BCUT2D eigenvalue weighted by molar-refractivity contribution is 7.22. The van der Waals surface area contributed by atoms with Gasteiger partial charge in [-0.2, -0.15) is 0 Å². The number of aryl methyl sites for hydroxylation is 1. The van der Waals surface area contributed by atoms with Gasteiger partial charge in [0.15, 0.2) is 10.7 Å². The maximum absolute atomic E-state index is 13.4. The number of fused-ring (bicyclic) bond motifs is 2. The summed E-state index contributed by atoms with van der Waals surface area (Å²) in [4.78, 5) is 17.4. The lowest BCUT2D eigenvalue weighted by atomic mass is 10.1. The van der Waals surface area contributed by atoms with Gasteiger partial charge in [-0.3, -0.25) is 10.1 Å². The Morgan fingerprint density at radius 2 is 2.07 bits per heavy atom. The highest BCUT2D eigenvalue weighted by Crippen LogP contribution is 2.28. The molecule has 5 rings (SSSR count). The van der Waals surface area contributed by atoms with Gasteiger partial charge in [-0.15, -0.1) is 0 Å². The topological polar surface area (TPSA) is 60.1 Å². The van der Waals surface area contributed by atoms with E-state index in [0.717, 1.165) is 16.6 Å². The fourth-order valence-electron chi connectivity index (χ4n) is 3.41. The third-order valence-corrected chi connectivity index (χ3v) is 5.85. The van der Waals surface area contributed by atoms with Crippen molar-refractivity contribution < 1.29 is 13.6 Å². The first-order valence-electron chi connectivity index (χ1n) is 9.07. The summed E-state index contributed by atoms with van der Waals surface area (Å²) in [6.45, 7) is 2.59. The van der Waals surface area contributed by atoms with Gasteiger partial charge in [0.05, 0.1) is 22.0 Å². The van der Waals surface area contributed by atoms with Crippen molar-refractivity contribution in [3.05, 3.63) is 83.5 Å². The van der Waals surface area contributed by atoms with Crippen LogP contribution in [0.15, 0.2) is 65.3 Å². The second-order valence-electron chi connectivity index (χ2n) is 6.80. The smallest absolute Gasteiger partial charge is 0.274 e. The number of rotatable bonds is 4. The Balaban J connectivity index is 1.51. The number of hydrogen-bond acceptors (Lipinski definition) is 4. The molecule has 0 saturated heterocycles. The molecule has 0 radical (unpaired) electrons. The van der Waals surface area contributed by atoms with E-state index in [-0.39, 0.29) is 11.7 Å². The second kappa shape index (κ2) is 6.86. The number of carbonyl (C=O) groups is 1. The lowest BCUT2D eigenvalue weighted by Gasteiger charge is -2.11. The van der Waals surface area contributed by atoms with E-state index >= 15 is 0 Å². The maximum atomic E-state index is 13.4. The molecule has 0 aliphatic carbocycles. The second-order valence-corrected chi connectivity index (χ2v) is 7.83. The molecular weight excluding hydrogens is 389 g/mol. The van der Waals surface area contributed by atoms with E-state index in [0.29, 0.717) is 33.2 Å². The van der Waals surface area contributed by atoms with Crippen molar-refractivity contribution in [3.8, 4) is 0 Å². The molecule has 0 saturated carbocycles. The Labute approximate surface area is 169 Å². The molecule has 3 heterocycles. The number of halogens is 1. The van der Waals surface area contributed by atoms with Crippen LogP contribution in [0.4, 0.5) is 9.52 Å². The third kappa shape index (κ3) is 3.19. The number of amides is 1. The van der Waals surface area contributed by atoms with Crippen molar-refractivity contribution in [3.63, 3.8) is 0 Å². The van der Waals surface area contributed by atoms with Gasteiger partial charge in [-0.05, 0) is 36.2 Å². The van der Waals surface area contributed by atoms with Gasteiger partial charge >= 0.3 is 0 Å². The minimum atomic E-state index is -0.327. The summed E-state index contributed by atoms with van der Waals surface area (Å²) in [5.41, 5.74) is 4.90. The monoisotopic (exact) mass is 405 g/mol. The molecule has 7 heteroatoms. The van der Waals surface area contributed by atoms with Gasteiger partial charge in [0, 0.05) is 18.7 Å². The quantitative estimate of drug-likeness (QED) is 0.424. The Bertz CT molecular complexity index is 1370. The molecule has 144 valence electrons. The fraction of sp³-hybridized carbons (Fsp3) is 0.0909. The summed E-state index contributed by atoms with van der Waals surface area (Å²) in [5, 5.41) is 3.27. The van der Waals surface area contributed by atoms with Crippen molar-refractivity contribution in [1.29, 1.82) is 0 Å². The van der Waals surface area contributed by atoms with Crippen LogP contribution in [0.5, 0.6) is 0 Å². The van der Waals surface area contributed by atoms with Crippen LogP contribution in [-0.4, -0.2) is 15.5 Å². The molecule has 0 unspecified atom stereocenters. The van der Waals surface area contributed by atoms with Gasteiger partial charge in [0.25, 0.3) is 5.91 Å². The van der Waals surface area contributed by atoms with E-state index in [1.54, 1.807) is 18.4 Å². The Morgan fingerprint density at radius 1 is 1.21 bits per heavy atom. The summed E-state index contributed by atoms with van der Waals surface area (Å²) in [6.07, 6.45) is 1.61. The van der Waals surface area contributed by atoms with E-state index in [1.807, 2.05) is 41.8 Å². The van der Waals surface area contributed by atoms with Crippen LogP contribution in [0.1, 0.15) is 21.6 Å². The van der Waals surface area contributed by atoms with Crippen LogP contribution in [0.3, 0.4) is 0 Å². The van der Waals surface area contributed by atoms with Crippen LogP contribution in [-0.2, 0) is 6.54 Å². The lowest BCUT2D eigenvalue weighted by molar-refractivity contribution is 0.101. The predicted octanol–water partition coefficient (Wildman–Crippen LogP) is 5.59. The average Bonchev–Trinajstić information content (AvgIpc) is 3.38. The van der Waals surface area contributed by atoms with Gasteiger partial charge in [0.2, 0.25) is 0 Å². The maximum Gasteiger partial charge on any atom is 0.274 e. The molecular formula is C22H16FN3O2S. The van der Waals surface area contributed by atoms with E-state index in [1.165, 1.54) is 23.5 Å². The van der Waals surface area contributed by atoms with E-state index in [4.69, 9.17) is 4.42 Å². The largest absolute Gasteiger partial charge is 0.463 e. The predicted molar refractivity (Wildman–Crippen MR) is 112 cm³/mol. The molecule has 2 aromatic carbocycles. The molecule has 0 spiro atoms. The zero-order valence-electron chi connectivity index (χ0n) is 15.5. The van der Waals surface area contributed by atoms with Gasteiger partial charge < -0.3 is 8.98 Å². The molecule has 0 aliphatic heterocycles. The Kier molecular flexibility index (Phi) is 4.17. The summed E-state index contributed by atoms with van der Waals surface area (Å²) in [7, 11) is 0. The number of nitrogens with zero attached hydrogens (tertiary/aromatic N) is 2. The van der Waals surface area contributed by atoms with Crippen molar-refractivity contribution >= 4 is 43.7 Å². The minimum Gasteiger partial charge on any atom is -0.463 e. The number of benzene rings is 2. The minimum absolute atomic E-state index is 0.287. The van der Waals surface area contributed by atoms with Gasteiger partial charge in [-0.1, -0.05) is 35.6 Å². The molecule has 29 heavy (non-hydrogen) atoms. The normalized spacial score (nSPS) is 11.4. The van der Waals surface area contributed by atoms with Crippen molar-refractivity contribution in [1.82, 2.24) is 9.55 Å². The first-order chi connectivity index (χ1) is 14.1. The Hall–Kier alpha value is -3.45. The standard InChI is InChI=1S/C22H16FN3O2S/c1-13-4-2-3-5-14(13)12-26-17-8-9-28-19(17)11-18(26)21(27)25-22-24-16-7-6-15(23)10-20(16)29-22/h2-11H,12H2,1H3,(H,24,25,27). The number of aromatic nitrogens is 2. The van der Waals surface area contributed by atoms with Gasteiger partial charge in [-0.25, -0.2) is 9.37 Å². The highest BCUT2D eigenvalue weighted by atomic mass is 32.1. The zero-order valence-corrected chi connectivity index (χ0v) is 16.3. The first-order valence-corrected chi connectivity index (χ1v) is 9.89. The molecule has 0 bridgehead atoms. The van der Waals surface area contributed by atoms with Crippen molar-refractivity contribution in [2.75, 3.05) is 5.32 Å². The molecule has 0 aliphatic rings. The third-order valence-electron chi connectivity index (χ3n) is 4.92. The van der Waals surface area contributed by atoms with Crippen molar-refractivity contribution in [2.24, 2.45) is 0 Å². The molecule has 1 amide bonds. The number of anilines is 1. The number of thiazole rings is 1. The van der Waals surface area contributed by atoms with Gasteiger partial charge in [0.1, 0.15) is 11.5 Å². The van der Waals surface area contributed by atoms with Crippen LogP contribution in [0, 0.1) is 12.7 Å². The zero-order chi connectivity index (χ0) is 20.0. The summed E-state index contributed by atoms with van der Waals surface area (Å²) in [5.74, 6) is -0.615. The first kappa shape index (κ1) is 17.6. The SMILES string of the molecule is Cc1ccccc1Cn1c(C(=O)Nc2nc3ccc(F)cc3s2)cc2occc21. The lowest BCUT2D eigenvalue weighted by Crippen LogP contribution is -2.17. The number of furan rings is 1. The van der Waals surface area contributed by atoms with E-state index in [2.05, 4.69) is 10.3 Å². The molecule has 5 aromatic rings. The molecule has 1 N–H and O–H groups in total.